The van der Waals surface area contributed by atoms with Crippen LogP contribution < -0.4 is 0 Å². The number of thiazole rings is 1. The lowest BCUT2D eigenvalue weighted by molar-refractivity contribution is -0.00422. The molecule has 140 valence electrons. The minimum atomic E-state index is -0.558. The van der Waals surface area contributed by atoms with Gasteiger partial charge >= 0.3 is 6.09 Å². The second-order valence-corrected chi connectivity index (χ2v) is 9.27. The van der Waals surface area contributed by atoms with E-state index in [9.17, 15) is 9.90 Å². The summed E-state index contributed by atoms with van der Waals surface area (Å²) in [4.78, 5) is 22.0. The Labute approximate surface area is 153 Å². The van der Waals surface area contributed by atoms with Gasteiger partial charge in [0.2, 0.25) is 0 Å². The molecule has 0 bridgehead atoms. The molecule has 25 heavy (non-hydrogen) atoms. The van der Waals surface area contributed by atoms with Crippen molar-refractivity contribution in [2.75, 3.05) is 26.2 Å². The van der Waals surface area contributed by atoms with Crippen molar-refractivity contribution in [2.24, 2.45) is 0 Å². The van der Waals surface area contributed by atoms with Crippen LogP contribution in [0.15, 0.2) is 6.20 Å². The molecule has 1 aliphatic carbocycles. The molecule has 0 radical (unpaired) electrons. The predicted octanol–water partition coefficient (Wildman–Crippen LogP) is 3.00. The summed E-state index contributed by atoms with van der Waals surface area (Å²) in [5, 5.41) is 11.3. The number of carbonyl (C=O) groups excluding carboxylic acids is 1. The third-order valence-corrected chi connectivity index (χ3v) is 5.84. The van der Waals surface area contributed by atoms with Gasteiger partial charge in [-0.25, -0.2) is 9.78 Å². The van der Waals surface area contributed by atoms with Gasteiger partial charge in [0.1, 0.15) is 16.7 Å². The number of aliphatic hydroxyl groups excluding tert-OH is 1. The minimum absolute atomic E-state index is 0.0640. The van der Waals surface area contributed by atoms with E-state index in [1.807, 2.05) is 33.9 Å². The van der Waals surface area contributed by atoms with Gasteiger partial charge in [-0.15, -0.1) is 11.3 Å². The van der Waals surface area contributed by atoms with Crippen LogP contribution in [0.1, 0.15) is 62.4 Å². The number of ether oxygens (including phenoxy) is 1. The molecule has 3 rings (SSSR count). The smallest absolute Gasteiger partial charge is 0.410 e. The van der Waals surface area contributed by atoms with Gasteiger partial charge in [-0.05, 0) is 46.5 Å². The highest BCUT2D eigenvalue weighted by molar-refractivity contribution is 7.11. The summed E-state index contributed by atoms with van der Waals surface area (Å²) in [5.41, 5.74) is -0.478. The highest BCUT2D eigenvalue weighted by Crippen LogP contribution is 2.43. The Morgan fingerprint density at radius 2 is 2.16 bits per heavy atom. The van der Waals surface area contributed by atoms with Crippen LogP contribution in [0.4, 0.5) is 4.79 Å². The lowest BCUT2D eigenvalue weighted by Gasteiger charge is -2.40. The van der Waals surface area contributed by atoms with E-state index in [2.05, 4.69) is 9.88 Å². The largest absolute Gasteiger partial charge is 0.444 e. The van der Waals surface area contributed by atoms with Crippen molar-refractivity contribution in [1.82, 2.24) is 14.8 Å². The zero-order valence-electron chi connectivity index (χ0n) is 15.6. The van der Waals surface area contributed by atoms with Gasteiger partial charge in [-0.3, -0.25) is 4.90 Å². The quantitative estimate of drug-likeness (QED) is 0.886. The molecule has 2 atom stereocenters. The summed E-state index contributed by atoms with van der Waals surface area (Å²) >= 11 is 1.64. The van der Waals surface area contributed by atoms with Crippen LogP contribution in [0, 0.1) is 0 Å². The molecule has 1 N–H and O–H groups in total. The number of rotatable bonds is 4. The molecule has 1 aliphatic heterocycles. The summed E-state index contributed by atoms with van der Waals surface area (Å²) < 4.78 is 5.48. The van der Waals surface area contributed by atoms with Gasteiger partial charge in [0.05, 0.1) is 0 Å². The van der Waals surface area contributed by atoms with Crippen LogP contribution in [-0.2, 0) is 4.74 Å². The Morgan fingerprint density at radius 3 is 2.76 bits per heavy atom. The average Bonchev–Trinajstić information content (AvgIpc) is 3.22. The zero-order valence-corrected chi connectivity index (χ0v) is 16.4. The van der Waals surface area contributed by atoms with Crippen molar-refractivity contribution >= 4 is 17.4 Å². The number of aromatic nitrogens is 1. The van der Waals surface area contributed by atoms with Gasteiger partial charge in [-0.2, -0.15) is 0 Å². The molecule has 1 amide bonds. The maximum absolute atomic E-state index is 12.3. The molecule has 2 heterocycles. The third kappa shape index (κ3) is 4.92. The van der Waals surface area contributed by atoms with Crippen molar-refractivity contribution in [3.63, 3.8) is 0 Å². The molecular formula is C18H29N3O3S. The molecule has 7 heteroatoms. The van der Waals surface area contributed by atoms with E-state index in [1.165, 1.54) is 17.7 Å². The summed E-state index contributed by atoms with van der Waals surface area (Å²) in [5.74, 6) is 0.677. The fourth-order valence-electron chi connectivity index (χ4n) is 3.12. The molecule has 1 aromatic heterocycles. The van der Waals surface area contributed by atoms with Crippen molar-refractivity contribution < 1.29 is 14.6 Å². The van der Waals surface area contributed by atoms with Crippen molar-refractivity contribution in [1.29, 1.82) is 0 Å². The number of aliphatic hydroxyl groups is 1. The second-order valence-electron chi connectivity index (χ2n) is 8.17. The molecule has 1 saturated carbocycles. The summed E-state index contributed by atoms with van der Waals surface area (Å²) in [7, 11) is 0. The van der Waals surface area contributed by atoms with Crippen LogP contribution in [0.2, 0.25) is 0 Å². The Balaban J connectivity index is 1.51. The average molecular weight is 368 g/mol. The maximum Gasteiger partial charge on any atom is 0.410 e. The number of nitrogens with zero attached hydrogens (tertiary/aromatic N) is 3. The van der Waals surface area contributed by atoms with Crippen LogP contribution in [0.3, 0.4) is 0 Å². The molecule has 1 aromatic rings. The number of hydrogen-bond donors (Lipinski definition) is 1. The van der Waals surface area contributed by atoms with Crippen LogP contribution in [0.5, 0.6) is 0 Å². The standard InChI is InChI=1S/C18H29N3O3S/c1-12-10-20(7-8-21(12)17(23)24-18(2,3)4)11-14(22)16-19-9-15(25-16)13-5-6-13/h9,12-14,22H,5-8,10-11H2,1-4H3/t12-,14?/m1/s1. The van der Waals surface area contributed by atoms with Gasteiger partial charge < -0.3 is 14.7 Å². The van der Waals surface area contributed by atoms with Gasteiger partial charge in [0, 0.05) is 43.3 Å². The fraction of sp³-hybridized carbons (Fsp3) is 0.778. The predicted molar refractivity (Wildman–Crippen MR) is 97.9 cm³/mol. The van der Waals surface area contributed by atoms with Crippen LogP contribution in [0.25, 0.3) is 0 Å². The second kappa shape index (κ2) is 7.21. The van der Waals surface area contributed by atoms with Crippen molar-refractivity contribution in [3.8, 4) is 0 Å². The Morgan fingerprint density at radius 1 is 1.44 bits per heavy atom. The topological polar surface area (TPSA) is 65.9 Å². The monoisotopic (exact) mass is 367 g/mol. The van der Waals surface area contributed by atoms with E-state index < -0.39 is 11.7 Å². The van der Waals surface area contributed by atoms with E-state index >= 15 is 0 Å². The molecule has 0 spiro atoms. The molecule has 6 nitrogen and oxygen atoms in total. The van der Waals surface area contributed by atoms with Crippen molar-refractivity contribution in [3.05, 3.63) is 16.1 Å². The zero-order chi connectivity index (χ0) is 18.2. The van der Waals surface area contributed by atoms with E-state index in [4.69, 9.17) is 4.74 Å². The van der Waals surface area contributed by atoms with Gasteiger partial charge in [0.25, 0.3) is 0 Å². The van der Waals surface area contributed by atoms with Gasteiger partial charge in [-0.1, -0.05) is 0 Å². The molecular weight excluding hydrogens is 338 g/mol. The minimum Gasteiger partial charge on any atom is -0.444 e. The van der Waals surface area contributed by atoms with E-state index in [0.717, 1.165) is 18.1 Å². The van der Waals surface area contributed by atoms with Crippen LogP contribution >= 0.6 is 11.3 Å². The van der Waals surface area contributed by atoms with Gasteiger partial charge in [0.15, 0.2) is 0 Å². The van der Waals surface area contributed by atoms with E-state index in [0.29, 0.717) is 19.0 Å². The molecule has 1 saturated heterocycles. The number of amides is 1. The Kier molecular flexibility index (Phi) is 5.37. The Bertz CT molecular complexity index is 609. The first kappa shape index (κ1) is 18.6. The number of hydrogen-bond acceptors (Lipinski definition) is 6. The third-order valence-electron chi connectivity index (χ3n) is 4.58. The molecule has 2 aliphatic rings. The number of carbonyl (C=O) groups is 1. The lowest BCUT2D eigenvalue weighted by Crippen LogP contribution is -2.55. The van der Waals surface area contributed by atoms with Crippen LogP contribution in [-0.4, -0.2) is 63.8 Å². The van der Waals surface area contributed by atoms with E-state index in [-0.39, 0.29) is 12.1 Å². The molecule has 1 unspecified atom stereocenters. The summed E-state index contributed by atoms with van der Waals surface area (Å²) in [6.07, 6.45) is 3.61. The highest BCUT2D eigenvalue weighted by Gasteiger charge is 2.32. The SMILES string of the molecule is C[C@@H]1CN(CC(O)c2ncc(C3CC3)s2)CCN1C(=O)OC(C)(C)C. The first-order valence-electron chi connectivity index (χ1n) is 9.08. The van der Waals surface area contributed by atoms with Crippen molar-refractivity contribution in [2.45, 2.75) is 64.2 Å². The molecule has 0 aromatic carbocycles. The normalized spacial score (nSPS) is 23.6. The lowest BCUT2D eigenvalue weighted by atomic mass is 10.1. The number of piperazine rings is 1. The van der Waals surface area contributed by atoms with E-state index in [1.54, 1.807) is 16.2 Å². The number of β-amino-alcohol motifs (C(OH)–C–C–N with tert-alkyl or cyclic N) is 1. The molecule has 2 fully saturated rings. The first-order valence-corrected chi connectivity index (χ1v) is 9.90. The Hall–Kier alpha value is -1.18. The summed E-state index contributed by atoms with van der Waals surface area (Å²) in [6.45, 7) is 10.3. The summed E-state index contributed by atoms with van der Waals surface area (Å²) in [6, 6.07) is 0.0640. The first-order chi connectivity index (χ1) is 11.7. The highest BCUT2D eigenvalue weighted by atomic mass is 32.1. The fourth-order valence-corrected chi connectivity index (χ4v) is 4.19. The maximum atomic E-state index is 12.3.